The van der Waals surface area contributed by atoms with Gasteiger partial charge in [0.05, 0.1) is 6.20 Å². The highest BCUT2D eigenvalue weighted by Gasteiger charge is 2.28. The van der Waals surface area contributed by atoms with Crippen molar-refractivity contribution in [3.05, 3.63) is 12.4 Å². The molecule has 108 valence electrons. The fourth-order valence-corrected chi connectivity index (χ4v) is 3.27. The molecule has 1 aliphatic rings. The van der Waals surface area contributed by atoms with Crippen LogP contribution in [0, 0.1) is 0 Å². The monoisotopic (exact) mass is 294 g/mol. The molecule has 2 rings (SSSR count). The zero-order valence-electron chi connectivity index (χ0n) is 10.5. The maximum Gasteiger partial charge on any atom is 0.257 e. The van der Waals surface area contributed by atoms with Gasteiger partial charge in [0.1, 0.15) is 11.4 Å². The molecule has 1 aliphatic heterocycles. The fourth-order valence-electron chi connectivity index (χ4n) is 1.90. The molecule has 1 aromatic rings. The molecule has 19 heavy (non-hydrogen) atoms. The summed E-state index contributed by atoms with van der Waals surface area (Å²) in [6.45, 7) is 1.52. The molecule has 0 unspecified atom stereocenters. The maximum absolute atomic E-state index is 12.3. The summed E-state index contributed by atoms with van der Waals surface area (Å²) < 4.78 is 51.2. The molecule has 0 amide bonds. The molecule has 1 saturated heterocycles. The van der Waals surface area contributed by atoms with Gasteiger partial charge in [-0.25, -0.2) is 17.2 Å². The highest BCUT2D eigenvalue weighted by atomic mass is 32.2. The molecule has 0 atom stereocenters. The van der Waals surface area contributed by atoms with Crippen LogP contribution < -0.4 is 0 Å². The first-order chi connectivity index (χ1) is 8.89. The minimum absolute atomic E-state index is 0.0299. The predicted octanol–water partition coefficient (Wildman–Crippen LogP) is 0.0843. The van der Waals surface area contributed by atoms with Gasteiger partial charge >= 0.3 is 0 Å². The minimum Gasteiger partial charge on any atom is -0.304 e. The van der Waals surface area contributed by atoms with E-state index in [1.165, 1.54) is 4.31 Å². The number of halogens is 2. The van der Waals surface area contributed by atoms with Crippen molar-refractivity contribution < 1.29 is 17.2 Å². The molecule has 1 fully saturated rings. The lowest BCUT2D eigenvalue weighted by Crippen LogP contribution is -2.46. The molecule has 0 aliphatic carbocycles. The topological polar surface area (TPSA) is 58.4 Å². The number of hydrogen-bond donors (Lipinski definition) is 0. The van der Waals surface area contributed by atoms with Gasteiger partial charge < -0.3 is 4.90 Å². The molecule has 0 spiro atoms. The zero-order chi connectivity index (χ0) is 14.0. The molecular weight excluding hydrogens is 278 g/mol. The average Bonchev–Trinajstić information content (AvgIpc) is 2.78. The van der Waals surface area contributed by atoms with Gasteiger partial charge in [0.2, 0.25) is 10.0 Å². The first-order valence-electron chi connectivity index (χ1n) is 5.89. The molecule has 0 N–H and O–H groups in total. The Labute approximate surface area is 110 Å². The minimum atomic E-state index is -3.62. The molecule has 1 aromatic heterocycles. The van der Waals surface area contributed by atoms with Crippen molar-refractivity contribution in [3.63, 3.8) is 0 Å². The van der Waals surface area contributed by atoms with Gasteiger partial charge in [-0.2, -0.15) is 9.40 Å². The van der Waals surface area contributed by atoms with Gasteiger partial charge in [-0.15, -0.1) is 0 Å². The summed E-state index contributed by atoms with van der Waals surface area (Å²) in [5.74, 6) is 0. The van der Waals surface area contributed by atoms with E-state index in [1.807, 2.05) is 11.9 Å². The van der Waals surface area contributed by atoms with E-state index in [-0.39, 0.29) is 4.90 Å². The van der Waals surface area contributed by atoms with Crippen LogP contribution in [0.25, 0.3) is 0 Å². The first-order valence-corrected chi connectivity index (χ1v) is 7.33. The van der Waals surface area contributed by atoms with Crippen LogP contribution >= 0.6 is 0 Å². The highest BCUT2D eigenvalue weighted by molar-refractivity contribution is 7.89. The van der Waals surface area contributed by atoms with Crippen LogP contribution in [0.4, 0.5) is 8.78 Å². The van der Waals surface area contributed by atoms with Crippen LogP contribution in [-0.2, 0) is 16.6 Å². The fraction of sp³-hybridized carbons (Fsp3) is 0.700. The van der Waals surface area contributed by atoms with Gasteiger partial charge in [-0.1, -0.05) is 0 Å². The Bertz CT molecular complexity index is 523. The lowest BCUT2D eigenvalue weighted by molar-refractivity contribution is 0.121. The Morgan fingerprint density at radius 2 is 1.95 bits per heavy atom. The number of likely N-dealkylation sites (N-methyl/N-ethyl adjacent to an activating group) is 1. The largest absolute Gasteiger partial charge is 0.304 e. The third-order valence-electron chi connectivity index (χ3n) is 3.03. The van der Waals surface area contributed by atoms with Crippen LogP contribution in [0.1, 0.15) is 0 Å². The normalized spacial score (nSPS) is 19.2. The van der Waals surface area contributed by atoms with E-state index in [1.54, 1.807) is 0 Å². The number of sulfonamides is 1. The third kappa shape index (κ3) is 3.28. The number of alkyl halides is 2. The molecule has 0 bridgehead atoms. The van der Waals surface area contributed by atoms with E-state index in [0.29, 0.717) is 26.2 Å². The van der Waals surface area contributed by atoms with Crippen LogP contribution in [0.15, 0.2) is 17.3 Å². The maximum atomic E-state index is 12.3. The van der Waals surface area contributed by atoms with Crippen molar-refractivity contribution in [2.24, 2.45) is 0 Å². The quantitative estimate of drug-likeness (QED) is 0.789. The Balaban J connectivity index is 2.13. The van der Waals surface area contributed by atoms with Crippen molar-refractivity contribution >= 4 is 10.0 Å². The van der Waals surface area contributed by atoms with Gasteiger partial charge in [0.25, 0.3) is 6.43 Å². The summed E-state index contributed by atoms with van der Waals surface area (Å²) in [5, 5.41) is 3.65. The number of aromatic nitrogens is 2. The molecule has 0 aromatic carbocycles. The van der Waals surface area contributed by atoms with E-state index in [2.05, 4.69) is 5.10 Å². The first kappa shape index (κ1) is 14.4. The molecule has 0 saturated carbocycles. The van der Waals surface area contributed by atoms with E-state index >= 15 is 0 Å². The van der Waals surface area contributed by atoms with Gasteiger partial charge in [-0.05, 0) is 7.05 Å². The SMILES string of the molecule is CN1CCN(S(=O)(=O)c2cnn(CC(F)F)c2)CC1. The second-order valence-corrected chi connectivity index (χ2v) is 6.43. The summed E-state index contributed by atoms with van der Waals surface area (Å²) >= 11 is 0. The smallest absolute Gasteiger partial charge is 0.257 e. The summed E-state index contributed by atoms with van der Waals surface area (Å²) in [7, 11) is -1.70. The summed E-state index contributed by atoms with van der Waals surface area (Å²) in [5.41, 5.74) is 0. The molecule has 2 heterocycles. The molecule has 0 radical (unpaired) electrons. The standard InChI is InChI=1S/C10H16F2N4O2S/c1-14-2-4-16(5-3-14)19(17,18)9-6-13-15(7-9)8-10(11)12/h6-7,10H,2-5,8H2,1H3. The lowest BCUT2D eigenvalue weighted by atomic mass is 10.4. The summed E-state index contributed by atoms with van der Waals surface area (Å²) in [6.07, 6.45) is -0.283. The van der Waals surface area contributed by atoms with Crippen molar-refractivity contribution in [2.45, 2.75) is 17.9 Å². The number of piperazine rings is 1. The Kier molecular flexibility index (Phi) is 4.16. The Morgan fingerprint density at radius 3 is 2.53 bits per heavy atom. The van der Waals surface area contributed by atoms with Crippen molar-refractivity contribution in [3.8, 4) is 0 Å². The predicted molar refractivity (Wildman–Crippen MR) is 64.5 cm³/mol. The number of hydrogen-bond acceptors (Lipinski definition) is 4. The van der Waals surface area contributed by atoms with E-state index in [0.717, 1.165) is 17.1 Å². The summed E-state index contributed by atoms with van der Waals surface area (Å²) in [6, 6.07) is 0. The van der Waals surface area contributed by atoms with Gasteiger partial charge in [0, 0.05) is 32.4 Å². The van der Waals surface area contributed by atoms with Crippen LogP contribution in [0.5, 0.6) is 0 Å². The molecular formula is C10H16F2N4O2S. The van der Waals surface area contributed by atoms with Crippen molar-refractivity contribution in [1.82, 2.24) is 19.0 Å². The zero-order valence-corrected chi connectivity index (χ0v) is 11.4. The van der Waals surface area contributed by atoms with Crippen molar-refractivity contribution in [1.29, 1.82) is 0 Å². The molecule has 6 nitrogen and oxygen atoms in total. The Hall–Kier alpha value is -1.06. The van der Waals surface area contributed by atoms with Crippen molar-refractivity contribution in [2.75, 3.05) is 33.2 Å². The Morgan fingerprint density at radius 1 is 1.32 bits per heavy atom. The highest BCUT2D eigenvalue weighted by Crippen LogP contribution is 2.16. The number of nitrogens with zero attached hydrogens (tertiary/aromatic N) is 4. The van der Waals surface area contributed by atoms with Gasteiger partial charge in [-0.3, -0.25) is 4.68 Å². The number of rotatable bonds is 4. The average molecular weight is 294 g/mol. The second kappa shape index (κ2) is 5.51. The third-order valence-corrected chi connectivity index (χ3v) is 4.89. The van der Waals surface area contributed by atoms with Crippen LogP contribution in [-0.4, -0.2) is 67.1 Å². The van der Waals surface area contributed by atoms with E-state index in [9.17, 15) is 17.2 Å². The van der Waals surface area contributed by atoms with Crippen LogP contribution in [0.2, 0.25) is 0 Å². The lowest BCUT2D eigenvalue weighted by Gasteiger charge is -2.31. The van der Waals surface area contributed by atoms with E-state index < -0.39 is 23.0 Å². The second-order valence-electron chi connectivity index (χ2n) is 4.50. The summed E-state index contributed by atoms with van der Waals surface area (Å²) in [4.78, 5) is 2.00. The van der Waals surface area contributed by atoms with E-state index in [4.69, 9.17) is 0 Å². The van der Waals surface area contributed by atoms with Gasteiger partial charge in [0.15, 0.2) is 0 Å². The molecule has 9 heteroatoms. The van der Waals surface area contributed by atoms with Crippen LogP contribution in [0.3, 0.4) is 0 Å².